The van der Waals surface area contributed by atoms with Gasteiger partial charge in [0, 0.05) is 19.3 Å². The zero-order chi connectivity index (χ0) is 50.0. The molecule has 0 N–H and O–H groups in total. The maximum Gasteiger partial charge on any atom is 0.306 e. The highest BCUT2D eigenvalue weighted by Gasteiger charge is 2.19. The molecule has 1 atom stereocenters. The lowest BCUT2D eigenvalue weighted by Crippen LogP contribution is -2.30. The van der Waals surface area contributed by atoms with Gasteiger partial charge < -0.3 is 14.2 Å². The van der Waals surface area contributed by atoms with E-state index in [1.54, 1.807) is 0 Å². The maximum atomic E-state index is 12.9. The molecule has 69 heavy (non-hydrogen) atoms. The number of hydrogen-bond acceptors (Lipinski definition) is 6. The van der Waals surface area contributed by atoms with Crippen molar-refractivity contribution >= 4 is 17.9 Å². The van der Waals surface area contributed by atoms with Crippen molar-refractivity contribution in [3.05, 3.63) is 60.8 Å². The minimum absolute atomic E-state index is 0.0819. The Hall–Kier alpha value is -2.89. The van der Waals surface area contributed by atoms with Gasteiger partial charge in [-0.05, 0) is 89.9 Å². The van der Waals surface area contributed by atoms with Gasteiger partial charge in [0.1, 0.15) is 13.2 Å². The molecule has 6 heteroatoms. The smallest absolute Gasteiger partial charge is 0.306 e. The summed E-state index contributed by atoms with van der Waals surface area (Å²) in [6.45, 7) is 6.60. The van der Waals surface area contributed by atoms with Crippen molar-refractivity contribution in [2.75, 3.05) is 13.2 Å². The first kappa shape index (κ1) is 66.1. The van der Waals surface area contributed by atoms with E-state index in [2.05, 4.69) is 81.5 Å². The number of ether oxygens (including phenoxy) is 3. The highest BCUT2D eigenvalue weighted by Crippen LogP contribution is 2.16. The lowest BCUT2D eigenvalue weighted by molar-refractivity contribution is -0.167. The van der Waals surface area contributed by atoms with Crippen LogP contribution in [0.1, 0.15) is 303 Å². The van der Waals surface area contributed by atoms with Crippen molar-refractivity contribution in [2.24, 2.45) is 0 Å². The summed E-state index contributed by atoms with van der Waals surface area (Å²) in [6.07, 6.45) is 72.0. The summed E-state index contributed by atoms with van der Waals surface area (Å²) >= 11 is 0. The Morgan fingerprint density at radius 3 is 0.841 bits per heavy atom. The largest absolute Gasteiger partial charge is 0.462 e. The Morgan fingerprint density at radius 2 is 0.522 bits per heavy atom. The molecule has 0 aliphatic carbocycles. The molecule has 0 aliphatic heterocycles. The van der Waals surface area contributed by atoms with Crippen molar-refractivity contribution in [2.45, 2.75) is 309 Å². The van der Waals surface area contributed by atoms with Gasteiger partial charge in [-0.2, -0.15) is 0 Å². The molecule has 0 unspecified atom stereocenters. The molecular formula is C63H112O6. The molecule has 0 radical (unpaired) electrons. The molecule has 0 bridgehead atoms. The number of unbranched alkanes of at least 4 members (excludes halogenated alkanes) is 33. The van der Waals surface area contributed by atoms with E-state index >= 15 is 0 Å². The second-order valence-corrected chi connectivity index (χ2v) is 19.9. The lowest BCUT2D eigenvalue weighted by Gasteiger charge is -2.18. The SMILES string of the molecule is CCCCC/C=C\C/C=C\C/C=C\CCCCCCC(=O)O[C@@H](COC(=O)CCCCCCCCCCC/C=C\C/C=C\CCCCC)COC(=O)CCCCCCCCCCCCCCCCC. The number of rotatable bonds is 54. The quantitative estimate of drug-likeness (QED) is 0.0262. The topological polar surface area (TPSA) is 78.9 Å². The van der Waals surface area contributed by atoms with Crippen LogP contribution in [-0.4, -0.2) is 37.2 Å². The van der Waals surface area contributed by atoms with Crippen LogP contribution in [0.3, 0.4) is 0 Å². The van der Waals surface area contributed by atoms with Crippen LogP contribution in [0.2, 0.25) is 0 Å². The minimum Gasteiger partial charge on any atom is -0.462 e. The highest BCUT2D eigenvalue weighted by molar-refractivity contribution is 5.71. The Labute approximate surface area is 428 Å². The molecule has 0 heterocycles. The van der Waals surface area contributed by atoms with Gasteiger partial charge in [-0.3, -0.25) is 14.4 Å². The Kier molecular flexibility index (Phi) is 55.3. The van der Waals surface area contributed by atoms with Crippen LogP contribution in [0.4, 0.5) is 0 Å². The van der Waals surface area contributed by atoms with E-state index in [0.29, 0.717) is 19.3 Å². The fourth-order valence-corrected chi connectivity index (χ4v) is 8.48. The minimum atomic E-state index is -0.786. The van der Waals surface area contributed by atoms with Crippen molar-refractivity contribution in [1.82, 2.24) is 0 Å². The Balaban J connectivity index is 4.40. The summed E-state index contributed by atoms with van der Waals surface area (Å²) in [5.74, 6) is -0.894. The zero-order valence-electron chi connectivity index (χ0n) is 45.8. The molecule has 0 aliphatic rings. The molecule has 0 saturated heterocycles. The average molecular weight is 966 g/mol. The molecule has 0 aromatic heterocycles. The van der Waals surface area contributed by atoms with E-state index in [-0.39, 0.29) is 31.1 Å². The van der Waals surface area contributed by atoms with Crippen LogP contribution < -0.4 is 0 Å². The van der Waals surface area contributed by atoms with Gasteiger partial charge in [0.25, 0.3) is 0 Å². The highest BCUT2D eigenvalue weighted by atomic mass is 16.6. The summed E-state index contributed by atoms with van der Waals surface area (Å²) in [5.41, 5.74) is 0. The molecule has 0 spiro atoms. The number of carbonyl (C=O) groups is 3. The predicted octanol–water partition coefficient (Wildman–Crippen LogP) is 20.0. The third-order valence-corrected chi connectivity index (χ3v) is 13.0. The fraction of sp³-hybridized carbons (Fsp3) is 0.794. The second-order valence-electron chi connectivity index (χ2n) is 19.9. The molecule has 6 nitrogen and oxygen atoms in total. The summed E-state index contributed by atoms with van der Waals surface area (Å²) in [5, 5.41) is 0. The number of esters is 3. The van der Waals surface area contributed by atoms with Crippen molar-refractivity contribution in [3.63, 3.8) is 0 Å². The summed E-state index contributed by atoms with van der Waals surface area (Å²) < 4.78 is 16.9. The van der Waals surface area contributed by atoms with Crippen LogP contribution in [0, 0.1) is 0 Å². The molecule has 0 fully saturated rings. The third kappa shape index (κ3) is 55.9. The summed E-state index contributed by atoms with van der Waals surface area (Å²) in [4.78, 5) is 38.2. The van der Waals surface area contributed by atoms with Crippen LogP contribution >= 0.6 is 0 Å². The van der Waals surface area contributed by atoms with Crippen LogP contribution in [0.15, 0.2) is 60.8 Å². The number of allylic oxidation sites excluding steroid dienone is 10. The van der Waals surface area contributed by atoms with Crippen molar-refractivity contribution < 1.29 is 28.6 Å². The monoisotopic (exact) mass is 965 g/mol. The third-order valence-electron chi connectivity index (χ3n) is 13.0. The molecule has 0 saturated carbocycles. The number of hydrogen-bond donors (Lipinski definition) is 0. The van der Waals surface area contributed by atoms with E-state index in [0.717, 1.165) is 89.9 Å². The Bertz CT molecular complexity index is 1250. The van der Waals surface area contributed by atoms with Gasteiger partial charge >= 0.3 is 17.9 Å². The van der Waals surface area contributed by atoms with Crippen molar-refractivity contribution in [3.8, 4) is 0 Å². The van der Waals surface area contributed by atoms with Crippen LogP contribution in [-0.2, 0) is 28.6 Å². The lowest BCUT2D eigenvalue weighted by atomic mass is 10.0. The van der Waals surface area contributed by atoms with E-state index < -0.39 is 6.10 Å². The summed E-state index contributed by atoms with van der Waals surface area (Å²) in [6, 6.07) is 0. The zero-order valence-corrected chi connectivity index (χ0v) is 45.8. The van der Waals surface area contributed by atoms with E-state index in [1.807, 2.05) is 0 Å². The van der Waals surface area contributed by atoms with Gasteiger partial charge in [-0.25, -0.2) is 0 Å². The van der Waals surface area contributed by atoms with Gasteiger partial charge in [0.05, 0.1) is 0 Å². The first-order valence-electron chi connectivity index (χ1n) is 29.8. The van der Waals surface area contributed by atoms with Gasteiger partial charge in [-0.15, -0.1) is 0 Å². The van der Waals surface area contributed by atoms with E-state index in [9.17, 15) is 14.4 Å². The molecule has 0 amide bonds. The van der Waals surface area contributed by atoms with Gasteiger partial charge in [-0.1, -0.05) is 255 Å². The first-order valence-corrected chi connectivity index (χ1v) is 29.8. The normalized spacial score (nSPS) is 12.4. The molecule has 0 aromatic rings. The van der Waals surface area contributed by atoms with Gasteiger partial charge in [0.2, 0.25) is 0 Å². The predicted molar refractivity (Wildman–Crippen MR) is 298 cm³/mol. The molecule has 400 valence electrons. The number of carbonyl (C=O) groups excluding carboxylic acids is 3. The van der Waals surface area contributed by atoms with Crippen LogP contribution in [0.25, 0.3) is 0 Å². The summed E-state index contributed by atoms with van der Waals surface area (Å²) in [7, 11) is 0. The van der Waals surface area contributed by atoms with E-state index in [1.165, 1.54) is 173 Å². The Morgan fingerprint density at radius 1 is 0.290 bits per heavy atom. The fourth-order valence-electron chi connectivity index (χ4n) is 8.48. The van der Waals surface area contributed by atoms with Crippen LogP contribution in [0.5, 0.6) is 0 Å². The first-order chi connectivity index (χ1) is 34.0. The van der Waals surface area contributed by atoms with E-state index in [4.69, 9.17) is 14.2 Å². The molecule has 0 aromatic carbocycles. The maximum absolute atomic E-state index is 12.9. The molecule has 0 rings (SSSR count). The second kappa shape index (κ2) is 57.7. The van der Waals surface area contributed by atoms with Gasteiger partial charge in [0.15, 0.2) is 6.10 Å². The molecular weight excluding hydrogens is 853 g/mol. The standard InChI is InChI=1S/C63H112O6/c1-4-7-10-13-16-19-22-25-28-30-31-33-35-38-41-44-47-50-53-56-62(65)68-59-60(58-67-61(64)55-52-49-46-43-40-37-34-27-24-21-18-15-12-9-6-3)69-63(66)57-54-51-48-45-42-39-36-32-29-26-23-20-17-14-11-8-5-2/h16-17,19-20,25-26,28-29,36,39,60H,4-15,18,21-24,27,30-35,37-38,40-59H2,1-3H3/b19-16-,20-17-,28-25-,29-26-,39-36-/t60-/m1/s1. The average Bonchev–Trinajstić information content (AvgIpc) is 3.35. The van der Waals surface area contributed by atoms with Crippen molar-refractivity contribution in [1.29, 1.82) is 0 Å².